The second-order valence-electron chi connectivity index (χ2n) is 10.6. The van der Waals surface area contributed by atoms with E-state index in [4.69, 9.17) is 12.3 Å². The van der Waals surface area contributed by atoms with Crippen LogP contribution in [0.5, 0.6) is 0 Å². The molecule has 0 heterocycles. The van der Waals surface area contributed by atoms with Gasteiger partial charge in [0.05, 0.1) is 0 Å². The van der Waals surface area contributed by atoms with Crippen molar-refractivity contribution in [2.75, 3.05) is 0 Å². The molecule has 0 spiro atoms. The zero-order valence-corrected chi connectivity index (χ0v) is 23.6. The summed E-state index contributed by atoms with van der Waals surface area (Å²) in [4.78, 5) is 0. The van der Waals surface area contributed by atoms with Gasteiger partial charge in [0, 0.05) is 6.04 Å². The van der Waals surface area contributed by atoms with Crippen molar-refractivity contribution < 1.29 is 12.3 Å². The van der Waals surface area contributed by atoms with Crippen molar-refractivity contribution in [3.05, 3.63) is 0 Å². The number of unbranched alkanes of at least 4 members (excludes halogenated alkanes) is 7. The molecule has 0 aliphatic carbocycles. The van der Waals surface area contributed by atoms with Crippen LogP contribution in [0.3, 0.4) is 0 Å². The Balaban J connectivity index is 4.88. The van der Waals surface area contributed by atoms with E-state index in [1.807, 2.05) is 0 Å². The largest absolute Gasteiger partial charge is 0.469 e. The Kier molecular flexibility index (Phi) is 12.0. The van der Waals surface area contributed by atoms with Gasteiger partial charge in [-0.1, -0.05) is 51.9 Å². The highest BCUT2D eigenvalue weighted by Crippen LogP contribution is 2.30. The predicted molar refractivity (Wildman–Crippen MR) is 126 cm³/mol. The summed E-state index contributed by atoms with van der Waals surface area (Å²) in [6.07, 6.45) is 10.6. The summed E-state index contributed by atoms with van der Waals surface area (Å²) in [5.41, 5.74) is 0. The zero-order valence-electron chi connectivity index (χ0n) is 19.6. The van der Waals surface area contributed by atoms with E-state index in [-0.39, 0.29) is 0 Å². The summed E-state index contributed by atoms with van der Waals surface area (Å²) in [5, 5.41) is 0. The van der Waals surface area contributed by atoms with Gasteiger partial charge >= 0.3 is 8.80 Å². The number of rotatable bonds is 15. The lowest BCUT2D eigenvalue weighted by atomic mass is 10.1. The zero-order chi connectivity index (χ0) is 20.5. The van der Waals surface area contributed by atoms with Crippen LogP contribution in [-0.2, 0) is 12.3 Å². The van der Waals surface area contributed by atoms with Crippen molar-refractivity contribution in [3.63, 3.8) is 0 Å². The van der Waals surface area contributed by atoms with Crippen LogP contribution in [0.2, 0.25) is 65.0 Å². The average Bonchev–Trinajstić information content (AvgIpc) is 2.35. The molecule has 7 heteroatoms. The topological polar surface area (TPSA) is 27.7 Å². The molecule has 0 saturated heterocycles. The molecular weight excluding hydrogens is 389 g/mol. The third kappa shape index (κ3) is 15.8. The van der Waals surface area contributed by atoms with Gasteiger partial charge in [0.2, 0.25) is 0 Å². The Labute approximate surface area is 169 Å². The summed E-state index contributed by atoms with van der Waals surface area (Å²) in [7, 11) is -7.78. The molecule has 0 aromatic rings. The highest BCUT2D eigenvalue weighted by atomic mass is 28.5. The van der Waals surface area contributed by atoms with Crippen LogP contribution in [0.15, 0.2) is 0 Å². The Hall–Kier alpha value is 0.748. The van der Waals surface area contributed by atoms with Crippen molar-refractivity contribution >= 4 is 33.8 Å². The highest BCUT2D eigenvalue weighted by molar-refractivity contribution is 6.90. The lowest BCUT2D eigenvalue weighted by Gasteiger charge is -2.43. The van der Waals surface area contributed by atoms with Crippen molar-refractivity contribution in [1.29, 1.82) is 0 Å². The van der Waals surface area contributed by atoms with Crippen LogP contribution in [0.25, 0.3) is 0 Å². The van der Waals surface area contributed by atoms with Gasteiger partial charge in [0.25, 0.3) is 0 Å². The third-order valence-electron chi connectivity index (χ3n) is 3.72. The number of hydrogen-bond acceptors (Lipinski definition) is 3. The summed E-state index contributed by atoms with van der Waals surface area (Å²) >= 11 is 0. The second kappa shape index (κ2) is 11.7. The minimum atomic E-state index is -2.60. The first-order chi connectivity index (χ1) is 11.7. The van der Waals surface area contributed by atoms with Crippen LogP contribution >= 0.6 is 0 Å². The van der Waals surface area contributed by atoms with Gasteiger partial charge < -0.3 is 12.3 Å². The Morgan fingerprint density at radius 2 is 0.769 bits per heavy atom. The molecule has 0 unspecified atom stereocenters. The first-order valence-corrected chi connectivity index (χ1v) is 22.9. The molecule has 0 aromatic carbocycles. The monoisotopic (exact) mass is 436 g/mol. The minimum absolute atomic E-state index is 1.00. The first-order valence-electron chi connectivity index (χ1n) is 10.8. The van der Waals surface area contributed by atoms with Crippen LogP contribution in [-0.4, -0.2) is 33.8 Å². The average molecular weight is 437 g/mol. The Bertz CT molecular complexity index is 330. The lowest BCUT2D eigenvalue weighted by molar-refractivity contribution is 0.250. The highest BCUT2D eigenvalue weighted by Gasteiger charge is 2.49. The van der Waals surface area contributed by atoms with Crippen LogP contribution < -0.4 is 0 Å². The first kappa shape index (κ1) is 26.7. The molecule has 0 aliphatic rings. The molecule has 0 amide bonds. The minimum Gasteiger partial charge on any atom is -0.417 e. The van der Waals surface area contributed by atoms with E-state index in [1.54, 1.807) is 0 Å². The Morgan fingerprint density at radius 3 is 1.08 bits per heavy atom. The van der Waals surface area contributed by atoms with Gasteiger partial charge in [-0.05, 0) is 65.3 Å². The molecule has 0 bridgehead atoms. The summed E-state index contributed by atoms with van der Waals surface area (Å²) in [6.45, 7) is 22.7. The Morgan fingerprint density at radius 1 is 0.462 bits per heavy atom. The maximum absolute atomic E-state index is 6.74. The molecule has 0 fully saturated rings. The van der Waals surface area contributed by atoms with Crippen molar-refractivity contribution in [2.45, 2.75) is 123 Å². The molecule has 0 saturated carbocycles. The second-order valence-corrected chi connectivity index (χ2v) is 27.5. The molecule has 0 atom stereocenters. The van der Waals surface area contributed by atoms with E-state index in [1.165, 1.54) is 51.4 Å². The fourth-order valence-electron chi connectivity index (χ4n) is 3.09. The molecule has 0 rings (SSSR count). The lowest BCUT2D eigenvalue weighted by Crippen LogP contribution is -2.60. The SMILES string of the molecule is CCCCCCCCCC[Si](O[Si](C)(C)C)(O[Si](C)(C)C)O[Si](C)(C)C. The van der Waals surface area contributed by atoms with Gasteiger partial charge in [-0.15, -0.1) is 0 Å². The molecule has 3 nitrogen and oxygen atoms in total. The van der Waals surface area contributed by atoms with Crippen molar-refractivity contribution in [1.82, 2.24) is 0 Å². The van der Waals surface area contributed by atoms with E-state index in [9.17, 15) is 0 Å². The van der Waals surface area contributed by atoms with E-state index < -0.39 is 33.8 Å². The van der Waals surface area contributed by atoms with Crippen LogP contribution in [0.4, 0.5) is 0 Å². The summed E-state index contributed by atoms with van der Waals surface area (Å²) in [5.74, 6) is 0. The molecule has 158 valence electrons. The fraction of sp³-hybridized carbons (Fsp3) is 1.00. The van der Waals surface area contributed by atoms with Gasteiger partial charge in [-0.3, -0.25) is 0 Å². The molecule has 0 radical (unpaired) electrons. The third-order valence-corrected chi connectivity index (χ3v) is 15.8. The van der Waals surface area contributed by atoms with Crippen molar-refractivity contribution in [3.8, 4) is 0 Å². The van der Waals surface area contributed by atoms with E-state index >= 15 is 0 Å². The van der Waals surface area contributed by atoms with Gasteiger partial charge in [-0.2, -0.15) is 0 Å². The summed E-state index contributed by atoms with van der Waals surface area (Å²) in [6, 6.07) is 1.00. The molecule has 26 heavy (non-hydrogen) atoms. The normalized spacial score (nSPS) is 14.1. The van der Waals surface area contributed by atoms with E-state index in [0.717, 1.165) is 6.04 Å². The van der Waals surface area contributed by atoms with E-state index in [0.29, 0.717) is 0 Å². The molecule has 0 aliphatic heterocycles. The van der Waals surface area contributed by atoms with E-state index in [2.05, 4.69) is 65.8 Å². The molecule has 0 aromatic heterocycles. The molecule has 0 N–H and O–H groups in total. The maximum atomic E-state index is 6.74. The quantitative estimate of drug-likeness (QED) is 0.195. The van der Waals surface area contributed by atoms with Gasteiger partial charge in [-0.25, -0.2) is 0 Å². The fourth-order valence-corrected chi connectivity index (χ4v) is 17.8. The number of hydrogen-bond donors (Lipinski definition) is 0. The standard InChI is InChI=1S/C19H48O3Si4/c1-11-12-13-14-15-16-17-18-19-26(20-23(2,3)4,21-24(5,6)7)22-25(8,9)10/h11-19H2,1-10H3. The van der Waals surface area contributed by atoms with Crippen LogP contribution in [0.1, 0.15) is 58.3 Å². The van der Waals surface area contributed by atoms with Crippen LogP contribution in [0, 0.1) is 0 Å². The van der Waals surface area contributed by atoms with Gasteiger partial charge in [0.1, 0.15) is 0 Å². The van der Waals surface area contributed by atoms with Gasteiger partial charge in [0.15, 0.2) is 25.0 Å². The molecular formula is C19H48O3Si4. The van der Waals surface area contributed by atoms with Crippen molar-refractivity contribution in [2.24, 2.45) is 0 Å². The summed E-state index contributed by atoms with van der Waals surface area (Å²) < 4.78 is 20.2. The maximum Gasteiger partial charge on any atom is 0.469 e. The predicted octanol–water partition coefficient (Wildman–Crippen LogP) is 7.62. The smallest absolute Gasteiger partial charge is 0.417 e.